The van der Waals surface area contributed by atoms with Gasteiger partial charge in [0, 0.05) is 11.5 Å². The lowest BCUT2D eigenvalue weighted by Crippen LogP contribution is -2.42. The van der Waals surface area contributed by atoms with E-state index in [1.165, 1.54) is 0 Å². The van der Waals surface area contributed by atoms with E-state index in [0.29, 0.717) is 5.56 Å². The minimum Gasteiger partial charge on any atom is -0.479 e. The maximum absolute atomic E-state index is 11.7. The average molecular weight is 266 g/mol. The standard InChI is InChI=1S/C17H14O3/c18-16(19)17(20)14-9-5-4-8-13(14)10-11-15(17)12-6-2-1-3-7-12/h1-11,15,20H,(H,18,19). The molecule has 2 N–H and O–H groups in total. The Labute approximate surface area is 116 Å². The summed E-state index contributed by atoms with van der Waals surface area (Å²) in [6.07, 6.45) is 3.62. The molecule has 3 heteroatoms. The minimum atomic E-state index is -1.94. The molecule has 0 amide bonds. The van der Waals surface area contributed by atoms with Crippen molar-refractivity contribution in [2.75, 3.05) is 0 Å². The number of aliphatic hydroxyl groups is 1. The number of carboxylic acid groups (broad SMARTS) is 1. The number of benzene rings is 2. The largest absolute Gasteiger partial charge is 0.479 e. The zero-order chi connectivity index (χ0) is 14.2. The van der Waals surface area contributed by atoms with Gasteiger partial charge in [-0.1, -0.05) is 66.7 Å². The molecule has 0 bridgehead atoms. The summed E-state index contributed by atoms with van der Waals surface area (Å²) in [5.74, 6) is -1.83. The quantitative estimate of drug-likeness (QED) is 0.878. The molecule has 2 unspecified atom stereocenters. The van der Waals surface area contributed by atoms with Crippen LogP contribution in [-0.2, 0) is 10.4 Å². The molecular formula is C17H14O3. The van der Waals surface area contributed by atoms with Crippen molar-refractivity contribution in [2.24, 2.45) is 0 Å². The summed E-state index contributed by atoms with van der Waals surface area (Å²) >= 11 is 0. The van der Waals surface area contributed by atoms with Crippen molar-refractivity contribution < 1.29 is 15.0 Å². The van der Waals surface area contributed by atoms with Crippen molar-refractivity contribution >= 4 is 12.0 Å². The van der Waals surface area contributed by atoms with E-state index in [9.17, 15) is 15.0 Å². The van der Waals surface area contributed by atoms with E-state index in [4.69, 9.17) is 0 Å². The average Bonchev–Trinajstić information content (AvgIpc) is 2.48. The third-order valence-electron chi connectivity index (χ3n) is 3.77. The second-order valence-electron chi connectivity index (χ2n) is 4.91. The third-order valence-corrected chi connectivity index (χ3v) is 3.77. The van der Waals surface area contributed by atoms with Crippen molar-refractivity contribution in [3.8, 4) is 0 Å². The number of carbonyl (C=O) groups is 1. The van der Waals surface area contributed by atoms with Gasteiger partial charge in [-0.05, 0) is 11.1 Å². The van der Waals surface area contributed by atoms with Crippen molar-refractivity contribution in [1.82, 2.24) is 0 Å². The Bertz CT molecular complexity index is 676. The fourth-order valence-electron chi connectivity index (χ4n) is 2.76. The summed E-state index contributed by atoms with van der Waals surface area (Å²) in [6.45, 7) is 0. The molecular weight excluding hydrogens is 252 g/mol. The minimum absolute atomic E-state index is 0.434. The van der Waals surface area contributed by atoms with Crippen molar-refractivity contribution in [1.29, 1.82) is 0 Å². The molecule has 0 spiro atoms. The van der Waals surface area contributed by atoms with E-state index in [0.717, 1.165) is 11.1 Å². The second kappa shape index (κ2) is 4.62. The topological polar surface area (TPSA) is 57.5 Å². The molecule has 2 aromatic carbocycles. The van der Waals surface area contributed by atoms with Gasteiger partial charge in [0.2, 0.25) is 0 Å². The Morgan fingerprint density at radius 3 is 2.35 bits per heavy atom. The van der Waals surface area contributed by atoms with Crippen molar-refractivity contribution in [2.45, 2.75) is 11.5 Å². The van der Waals surface area contributed by atoms with Gasteiger partial charge in [0.05, 0.1) is 0 Å². The lowest BCUT2D eigenvalue weighted by molar-refractivity contribution is -0.161. The van der Waals surface area contributed by atoms with Crippen molar-refractivity contribution in [3.05, 3.63) is 77.4 Å². The summed E-state index contributed by atoms with van der Waals surface area (Å²) in [5.41, 5.74) is 0.0174. The maximum atomic E-state index is 11.7. The van der Waals surface area contributed by atoms with E-state index in [2.05, 4.69) is 0 Å². The molecule has 3 nitrogen and oxygen atoms in total. The van der Waals surface area contributed by atoms with Crippen LogP contribution >= 0.6 is 0 Å². The first-order valence-corrected chi connectivity index (χ1v) is 6.42. The van der Waals surface area contributed by atoms with Gasteiger partial charge in [-0.15, -0.1) is 0 Å². The van der Waals surface area contributed by atoms with Crippen LogP contribution in [0.2, 0.25) is 0 Å². The molecule has 1 aliphatic rings. The van der Waals surface area contributed by atoms with Gasteiger partial charge in [0.15, 0.2) is 5.60 Å². The lowest BCUT2D eigenvalue weighted by atomic mass is 9.72. The molecule has 2 aromatic rings. The fraction of sp³-hybridized carbons (Fsp3) is 0.118. The zero-order valence-corrected chi connectivity index (χ0v) is 10.7. The lowest BCUT2D eigenvalue weighted by Gasteiger charge is -2.35. The van der Waals surface area contributed by atoms with Gasteiger partial charge in [-0.25, -0.2) is 4.79 Å². The Balaban J connectivity index is 2.21. The molecule has 1 aliphatic carbocycles. The predicted molar refractivity (Wildman–Crippen MR) is 76.2 cm³/mol. The van der Waals surface area contributed by atoms with Gasteiger partial charge in [-0.3, -0.25) is 0 Å². The van der Waals surface area contributed by atoms with Gasteiger partial charge >= 0.3 is 5.97 Å². The van der Waals surface area contributed by atoms with Crippen LogP contribution in [0.4, 0.5) is 0 Å². The Hall–Kier alpha value is -2.39. The Kier molecular flexibility index (Phi) is 2.92. The van der Waals surface area contributed by atoms with Crippen LogP contribution in [0.5, 0.6) is 0 Å². The number of hydrogen-bond donors (Lipinski definition) is 2. The first-order valence-electron chi connectivity index (χ1n) is 6.42. The van der Waals surface area contributed by atoms with E-state index in [1.807, 2.05) is 42.5 Å². The normalized spacial score (nSPS) is 24.1. The SMILES string of the molecule is O=C(O)C1(O)c2ccccc2C=CC1c1ccccc1. The van der Waals surface area contributed by atoms with Crippen molar-refractivity contribution in [3.63, 3.8) is 0 Å². The first kappa shape index (κ1) is 12.6. The number of hydrogen-bond acceptors (Lipinski definition) is 2. The molecule has 0 heterocycles. The summed E-state index contributed by atoms with van der Waals surface area (Å²) in [6, 6.07) is 16.3. The highest BCUT2D eigenvalue weighted by molar-refractivity contribution is 5.85. The van der Waals surface area contributed by atoms with Crippen LogP contribution in [0.15, 0.2) is 60.7 Å². The molecule has 2 atom stereocenters. The van der Waals surface area contributed by atoms with Crippen LogP contribution in [-0.4, -0.2) is 16.2 Å². The monoisotopic (exact) mass is 266 g/mol. The molecule has 3 rings (SSSR count). The zero-order valence-electron chi connectivity index (χ0n) is 10.7. The molecule has 20 heavy (non-hydrogen) atoms. The van der Waals surface area contributed by atoms with E-state index in [1.54, 1.807) is 24.3 Å². The van der Waals surface area contributed by atoms with Crippen LogP contribution in [0.1, 0.15) is 22.6 Å². The number of fused-ring (bicyclic) bond motifs is 1. The maximum Gasteiger partial charge on any atom is 0.341 e. The highest BCUT2D eigenvalue weighted by Gasteiger charge is 2.48. The van der Waals surface area contributed by atoms with Crippen LogP contribution in [0, 0.1) is 0 Å². The van der Waals surface area contributed by atoms with E-state index < -0.39 is 17.5 Å². The Morgan fingerprint density at radius 2 is 1.65 bits per heavy atom. The third kappa shape index (κ3) is 1.75. The summed E-state index contributed by atoms with van der Waals surface area (Å²) < 4.78 is 0. The number of aliphatic carboxylic acids is 1. The number of carboxylic acids is 1. The molecule has 100 valence electrons. The van der Waals surface area contributed by atoms with E-state index in [-0.39, 0.29) is 0 Å². The van der Waals surface area contributed by atoms with Crippen LogP contribution in [0.25, 0.3) is 6.08 Å². The highest BCUT2D eigenvalue weighted by Crippen LogP contribution is 2.43. The van der Waals surface area contributed by atoms with Gasteiger partial charge in [0.1, 0.15) is 0 Å². The van der Waals surface area contributed by atoms with Gasteiger partial charge < -0.3 is 10.2 Å². The second-order valence-corrected chi connectivity index (χ2v) is 4.91. The fourth-order valence-corrected chi connectivity index (χ4v) is 2.76. The van der Waals surface area contributed by atoms with Crippen LogP contribution < -0.4 is 0 Å². The van der Waals surface area contributed by atoms with E-state index >= 15 is 0 Å². The Morgan fingerprint density at radius 1 is 1.00 bits per heavy atom. The molecule has 0 saturated heterocycles. The summed E-state index contributed by atoms with van der Waals surface area (Å²) in [5, 5.41) is 20.5. The molecule has 0 saturated carbocycles. The summed E-state index contributed by atoms with van der Waals surface area (Å²) in [4.78, 5) is 11.7. The van der Waals surface area contributed by atoms with Gasteiger partial charge in [-0.2, -0.15) is 0 Å². The molecule has 0 aromatic heterocycles. The summed E-state index contributed by atoms with van der Waals surface area (Å²) in [7, 11) is 0. The first-order chi connectivity index (χ1) is 9.64. The number of rotatable bonds is 2. The molecule has 0 fully saturated rings. The highest BCUT2D eigenvalue weighted by atomic mass is 16.4. The molecule has 0 aliphatic heterocycles. The smallest absolute Gasteiger partial charge is 0.341 e. The van der Waals surface area contributed by atoms with Crippen LogP contribution in [0.3, 0.4) is 0 Å². The molecule has 0 radical (unpaired) electrons. The predicted octanol–water partition coefficient (Wildman–Crippen LogP) is 2.77. The van der Waals surface area contributed by atoms with Gasteiger partial charge in [0.25, 0.3) is 0 Å².